The minimum absolute atomic E-state index is 0.0273. The summed E-state index contributed by atoms with van der Waals surface area (Å²) in [7, 11) is -0.0644. The summed E-state index contributed by atoms with van der Waals surface area (Å²) < 4.78 is 43.6. The molecule has 0 aliphatic carbocycles. The predicted molar refractivity (Wildman–Crippen MR) is 74.1 cm³/mol. The number of nitrogen functional groups attached to an aromatic ring is 1. The van der Waals surface area contributed by atoms with Gasteiger partial charge in [-0.05, 0) is 39.8 Å². The Morgan fingerprint density at radius 1 is 1.10 bits per heavy atom. The van der Waals surface area contributed by atoms with E-state index in [4.69, 9.17) is 10.4 Å². The van der Waals surface area contributed by atoms with Crippen molar-refractivity contribution in [3.8, 4) is 0 Å². The number of benzene rings is 1. The highest BCUT2D eigenvalue weighted by Gasteiger charge is 2.36. The lowest BCUT2D eigenvalue weighted by Gasteiger charge is -2.37. The van der Waals surface area contributed by atoms with Gasteiger partial charge in [0, 0.05) is 5.69 Å². The number of rotatable bonds is 4. The fourth-order valence-corrected chi connectivity index (χ4v) is 1.41. The minimum atomic E-state index is -4.45. The SMILES string of the molecule is CC(C)(O)C(C)(C)OBc1cc(N)cc(C(F)(F)F)c1. The van der Waals surface area contributed by atoms with Gasteiger partial charge >= 0.3 is 13.7 Å². The monoisotopic (exact) mass is 289 g/mol. The summed E-state index contributed by atoms with van der Waals surface area (Å²) in [6.45, 7) is 6.49. The Morgan fingerprint density at radius 2 is 1.65 bits per heavy atom. The zero-order chi connectivity index (χ0) is 15.8. The highest BCUT2D eigenvalue weighted by molar-refractivity contribution is 6.47. The molecule has 0 amide bonds. The average Bonchev–Trinajstić information content (AvgIpc) is 2.23. The molecule has 1 rings (SSSR count). The summed E-state index contributed by atoms with van der Waals surface area (Å²) in [5, 5.41) is 9.93. The number of nitrogens with two attached hydrogens (primary N) is 1. The van der Waals surface area contributed by atoms with Gasteiger partial charge in [0.05, 0.1) is 16.8 Å². The minimum Gasteiger partial charge on any atom is -0.427 e. The Hall–Kier alpha value is -1.21. The van der Waals surface area contributed by atoms with Crippen LogP contribution < -0.4 is 11.2 Å². The summed E-state index contributed by atoms with van der Waals surface area (Å²) in [4.78, 5) is 0. The zero-order valence-corrected chi connectivity index (χ0v) is 12.0. The van der Waals surface area contributed by atoms with Crippen LogP contribution in [0.1, 0.15) is 33.3 Å². The summed E-state index contributed by atoms with van der Waals surface area (Å²) in [5.41, 5.74) is 2.98. The molecule has 0 aliphatic heterocycles. The van der Waals surface area contributed by atoms with Gasteiger partial charge in [0.15, 0.2) is 0 Å². The fourth-order valence-electron chi connectivity index (χ4n) is 1.41. The number of anilines is 1. The van der Waals surface area contributed by atoms with Crippen LogP contribution in [0.3, 0.4) is 0 Å². The van der Waals surface area contributed by atoms with Crippen molar-refractivity contribution in [2.24, 2.45) is 0 Å². The smallest absolute Gasteiger partial charge is 0.416 e. The van der Waals surface area contributed by atoms with Crippen LogP contribution >= 0.6 is 0 Å². The van der Waals surface area contributed by atoms with E-state index in [9.17, 15) is 18.3 Å². The first-order valence-electron chi connectivity index (χ1n) is 6.16. The highest BCUT2D eigenvalue weighted by atomic mass is 19.4. The lowest BCUT2D eigenvalue weighted by atomic mass is 9.82. The van der Waals surface area contributed by atoms with E-state index in [1.165, 1.54) is 6.07 Å². The van der Waals surface area contributed by atoms with Gasteiger partial charge in [0.1, 0.15) is 0 Å². The second-order valence-electron chi connectivity index (χ2n) is 5.82. The van der Waals surface area contributed by atoms with E-state index in [1.807, 2.05) is 0 Å². The molecule has 7 heteroatoms. The summed E-state index contributed by atoms with van der Waals surface area (Å²) in [5.74, 6) is 0. The molecule has 0 spiro atoms. The maximum absolute atomic E-state index is 12.7. The van der Waals surface area contributed by atoms with Gasteiger partial charge in [0.25, 0.3) is 0 Å². The average molecular weight is 289 g/mol. The lowest BCUT2D eigenvalue weighted by Crippen LogP contribution is -2.49. The van der Waals surface area contributed by atoms with E-state index >= 15 is 0 Å². The molecule has 0 saturated carbocycles. The summed E-state index contributed by atoms with van der Waals surface area (Å²) in [6.07, 6.45) is -4.45. The van der Waals surface area contributed by atoms with Crippen LogP contribution in [-0.2, 0) is 10.8 Å². The first-order valence-corrected chi connectivity index (χ1v) is 6.16. The van der Waals surface area contributed by atoms with E-state index in [-0.39, 0.29) is 13.2 Å². The first kappa shape index (κ1) is 16.8. The first-order chi connectivity index (χ1) is 8.83. The molecule has 0 aromatic heterocycles. The van der Waals surface area contributed by atoms with Gasteiger partial charge in [-0.2, -0.15) is 13.2 Å². The second-order valence-corrected chi connectivity index (χ2v) is 5.82. The fraction of sp³-hybridized carbons (Fsp3) is 0.538. The molecule has 1 aromatic carbocycles. The van der Waals surface area contributed by atoms with Crippen molar-refractivity contribution in [3.05, 3.63) is 23.8 Å². The number of hydrogen-bond donors (Lipinski definition) is 2. The van der Waals surface area contributed by atoms with Crippen molar-refractivity contribution >= 4 is 18.6 Å². The van der Waals surface area contributed by atoms with Crippen molar-refractivity contribution in [2.75, 3.05) is 5.73 Å². The molecular weight excluding hydrogens is 270 g/mol. The molecule has 0 aliphatic rings. The molecule has 0 saturated heterocycles. The second kappa shape index (κ2) is 5.29. The van der Waals surface area contributed by atoms with Crippen LogP contribution in [0.15, 0.2) is 18.2 Å². The number of alkyl halides is 3. The van der Waals surface area contributed by atoms with Crippen LogP contribution in [0.25, 0.3) is 0 Å². The van der Waals surface area contributed by atoms with Crippen molar-refractivity contribution in [3.63, 3.8) is 0 Å². The van der Waals surface area contributed by atoms with Gasteiger partial charge in [-0.25, -0.2) is 0 Å². The molecule has 1 aromatic rings. The number of hydrogen-bond acceptors (Lipinski definition) is 3. The molecule has 0 atom stereocenters. The molecule has 20 heavy (non-hydrogen) atoms. The predicted octanol–water partition coefficient (Wildman–Crippen LogP) is 1.83. The molecule has 0 heterocycles. The molecule has 0 fully saturated rings. The van der Waals surface area contributed by atoms with Crippen LogP contribution in [0.4, 0.5) is 18.9 Å². The van der Waals surface area contributed by atoms with Gasteiger partial charge < -0.3 is 15.5 Å². The molecule has 3 nitrogen and oxygen atoms in total. The molecule has 0 unspecified atom stereocenters. The quantitative estimate of drug-likeness (QED) is 0.657. The topological polar surface area (TPSA) is 55.5 Å². The maximum Gasteiger partial charge on any atom is 0.416 e. The maximum atomic E-state index is 12.7. The van der Waals surface area contributed by atoms with Crippen molar-refractivity contribution in [2.45, 2.75) is 45.1 Å². The normalized spacial score (nSPS) is 13.4. The van der Waals surface area contributed by atoms with Crippen molar-refractivity contribution in [1.82, 2.24) is 0 Å². The highest BCUT2D eigenvalue weighted by Crippen LogP contribution is 2.30. The summed E-state index contributed by atoms with van der Waals surface area (Å²) >= 11 is 0. The van der Waals surface area contributed by atoms with Gasteiger partial charge in [-0.1, -0.05) is 11.5 Å². The standard InChI is InChI=1S/C13H19BF3NO2/c1-11(2,19)12(3,4)20-14-9-5-8(13(15,16)17)6-10(18)7-9/h5-7,14,19H,18H2,1-4H3. The van der Waals surface area contributed by atoms with E-state index in [2.05, 4.69) is 0 Å². The molecule has 0 radical (unpaired) electrons. The van der Waals surface area contributed by atoms with Crippen LogP contribution in [-0.4, -0.2) is 23.8 Å². The lowest BCUT2D eigenvalue weighted by molar-refractivity contribution is -0.137. The van der Waals surface area contributed by atoms with Crippen molar-refractivity contribution < 1.29 is 22.9 Å². The zero-order valence-electron chi connectivity index (χ0n) is 12.0. The Labute approximate surface area is 117 Å². The van der Waals surface area contributed by atoms with Crippen LogP contribution in [0, 0.1) is 0 Å². The Kier molecular flexibility index (Phi) is 4.46. The van der Waals surface area contributed by atoms with Gasteiger partial charge in [-0.3, -0.25) is 0 Å². The Balaban J connectivity index is 2.92. The molecule has 112 valence electrons. The van der Waals surface area contributed by atoms with E-state index in [0.29, 0.717) is 5.46 Å². The van der Waals surface area contributed by atoms with Crippen molar-refractivity contribution in [1.29, 1.82) is 0 Å². The van der Waals surface area contributed by atoms with E-state index in [1.54, 1.807) is 27.7 Å². The third kappa shape index (κ3) is 4.14. The van der Waals surface area contributed by atoms with Gasteiger partial charge in [0.2, 0.25) is 0 Å². The Morgan fingerprint density at radius 3 is 2.10 bits per heavy atom. The molecule has 0 bridgehead atoms. The number of aliphatic hydroxyl groups is 1. The van der Waals surface area contributed by atoms with Crippen LogP contribution in [0.2, 0.25) is 0 Å². The van der Waals surface area contributed by atoms with E-state index in [0.717, 1.165) is 12.1 Å². The number of halogens is 3. The van der Waals surface area contributed by atoms with E-state index < -0.39 is 22.9 Å². The van der Waals surface area contributed by atoms with Gasteiger partial charge in [-0.15, -0.1) is 0 Å². The molecular formula is C13H19BF3NO2. The molecule has 3 N–H and O–H groups in total. The summed E-state index contributed by atoms with van der Waals surface area (Å²) in [6, 6.07) is 3.30. The largest absolute Gasteiger partial charge is 0.427 e. The Bertz CT molecular complexity index is 481. The third-order valence-corrected chi connectivity index (χ3v) is 3.42. The third-order valence-electron chi connectivity index (χ3n) is 3.42. The van der Waals surface area contributed by atoms with Crippen LogP contribution in [0.5, 0.6) is 0 Å².